The van der Waals surface area contributed by atoms with Gasteiger partial charge in [-0.25, -0.2) is 15.0 Å². The van der Waals surface area contributed by atoms with Crippen molar-refractivity contribution in [2.45, 2.75) is 19.6 Å². The van der Waals surface area contributed by atoms with Crippen LogP contribution in [0, 0.1) is 0 Å². The highest BCUT2D eigenvalue weighted by atomic mass is 16.5. The second kappa shape index (κ2) is 7.88. The number of aromatic nitrogens is 4. The first-order valence-electron chi connectivity index (χ1n) is 10.2. The minimum Gasteiger partial charge on any atom is -0.496 e. The number of likely N-dealkylation sites (N-methyl/N-ethyl adjacent to an activating group) is 1. The van der Waals surface area contributed by atoms with Gasteiger partial charge in [0.1, 0.15) is 18.0 Å². The molecular weight excluding hydrogens is 392 g/mol. The maximum Gasteiger partial charge on any atom is 0.258 e. The number of aromatic amines is 1. The number of ether oxygens (including phenoxy) is 2. The maximum atomic E-state index is 6.06. The van der Waals surface area contributed by atoms with Crippen molar-refractivity contribution in [3.05, 3.63) is 59.5 Å². The minimum absolute atomic E-state index is 0.257. The van der Waals surface area contributed by atoms with Crippen molar-refractivity contribution >= 4 is 16.9 Å². The second-order valence-corrected chi connectivity index (χ2v) is 7.75. The fourth-order valence-electron chi connectivity index (χ4n) is 4.05. The smallest absolute Gasteiger partial charge is 0.258 e. The Hall–Kier alpha value is -3.65. The van der Waals surface area contributed by atoms with Crippen molar-refractivity contribution < 1.29 is 9.47 Å². The molecule has 5 rings (SSSR count). The first-order chi connectivity index (χ1) is 15.1. The number of nitrogens with one attached hydrogen (secondary N) is 1. The van der Waals surface area contributed by atoms with Crippen LogP contribution in [0.15, 0.2) is 42.9 Å². The molecule has 1 aliphatic rings. The summed E-state index contributed by atoms with van der Waals surface area (Å²) in [4.78, 5) is 18.7. The zero-order valence-corrected chi connectivity index (χ0v) is 17.6. The van der Waals surface area contributed by atoms with Crippen LogP contribution in [0.5, 0.6) is 11.6 Å². The van der Waals surface area contributed by atoms with E-state index in [1.54, 1.807) is 19.5 Å². The predicted octanol–water partition coefficient (Wildman–Crippen LogP) is 3.18. The van der Waals surface area contributed by atoms with Crippen molar-refractivity contribution in [2.75, 3.05) is 26.4 Å². The first-order valence-corrected chi connectivity index (χ1v) is 10.2. The van der Waals surface area contributed by atoms with Crippen molar-refractivity contribution in [1.29, 1.82) is 0 Å². The third-order valence-electron chi connectivity index (χ3n) is 5.68. The molecule has 1 aliphatic heterocycles. The highest BCUT2D eigenvalue weighted by Gasteiger charge is 2.20. The number of rotatable bonds is 5. The Morgan fingerprint density at radius 3 is 3.00 bits per heavy atom. The number of hydrogen-bond donors (Lipinski definition) is 2. The molecule has 8 heteroatoms. The molecule has 0 radical (unpaired) electrons. The van der Waals surface area contributed by atoms with Crippen LogP contribution in [0.1, 0.15) is 16.7 Å². The van der Waals surface area contributed by atoms with E-state index in [1.807, 2.05) is 24.4 Å². The van der Waals surface area contributed by atoms with Gasteiger partial charge in [-0.15, -0.1) is 0 Å². The Morgan fingerprint density at radius 1 is 1.23 bits per heavy atom. The van der Waals surface area contributed by atoms with Crippen molar-refractivity contribution in [3.8, 4) is 22.9 Å². The minimum atomic E-state index is 0.257. The van der Waals surface area contributed by atoms with Gasteiger partial charge < -0.3 is 25.1 Å². The van der Waals surface area contributed by atoms with Gasteiger partial charge in [-0.1, -0.05) is 0 Å². The number of hydrogen-bond acceptors (Lipinski definition) is 7. The van der Waals surface area contributed by atoms with Crippen molar-refractivity contribution in [1.82, 2.24) is 24.8 Å². The third-order valence-corrected chi connectivity index (χ3v) is 5.68. The number of H-pyrrole nitrogens is 1. The molecule has 8 nitrogen and oxygen atoms in total. The SMILES string of the molecule is COc1cc(-c2cnc(N)c(OCc3ccnc4[nH]ccc34)n2)cc2c1CCN(C)C2. The Kier molecular flexibility index (Phi) is 4.91. The van der Waals surface area contributed by atoms with Crippen LogP contribution in [0.3, 0.4) is 0 Å². The molecule has 158 valence electrons. The zero-order chi connectivity index (χ0) is 21.4. The number of nitrogens with two attached hydrogens (primary N) is 1. The van der Waals surface area contributed by atoms with Crippen LogP contribution in [0.2, 0.25) is 0 Å². The lowest BCUT2D eigenvalue weighted by atomic mass is 9.95. The number of fused-ring (bicyclic) bond motifs is 2. The van der Waals surface area contributed by atoms with Gasteiger partial charge >= 0.3 is 0 Å². The number of pyridine rings is 1. The first kappa shape index (κ1) is 19.3. The molecule has 31 heavy (non-hydrogen) atoms. The van der Waals surface area contributed by atoms with E-state index in [0.29, 0.717) is 18.2 Å². The van der Waals surface area contributed by atoms with E-state index in [4.69, 9.17) is 15.2 Å². The summed E-state index contributed by atoms with van der Waals surface area (Å²) in [6, 6.07) is 8.07. The second-order valence-electron chi connectivity index (χ2n) is 7.75. The van der Waals surface area contributed by atoms with Crippen molar-refractivity contribution in [3.63, 3.8) is 0 Å². The topological polar surface area (TPSA) is 102 Å². The molecule has 1 aromatic carbocycles. The lowest BCUT2D eigenvalue weighted by Gasteiger charge is -2.27. The van der Waals surface area contributed by atoms with Crippen LogP contribution in [-0.2, 0) is 19.6 Å². The Labute approximate surface area is 180 Å². The van der Waals surface area contributed by atoms with Crippen LogP contribution >= 0.6 is 0 Å². The molecule has 0 unspecified atom stereocenters. The van der Waals surface area contributed by atoms with E-state index in [1.165, 1.54) is 11.1 Å². The molecule has 0 aliphatic carbocycles. The average molecular weight is 416 g/mol. The summed E-state index contributed by atoms with van der Waals surface area (Å²) in [7, 11) is 3.83. The fourth-order valence-corrected chi connectivity index (χ4v) is 4.05. The van der Waals surface area contributed by atoms with Gasteiger partial charge in [0.15, 0.2) is 5.82 Å². The molecule has 0 spiro atoms. The molecule has 3 aromatic heterocycles. The number of benzene rings is 1. The summed E-state index contributed by atoms with van der Waals surface area (Å²) in [5.41, 5.74) is 12.0. The lowest BCUT2D eigenvalue weighted by molar-refractivity contribution is 0.296. The van der Waals surface area contributed by atoms with Gasteiger partial charge in [0.2, 0.25) is 0 Å². The van der Waals surface area contributed by atoms with E-state index in [-0.39, 0.29) is 5.82 Å². The summed E-state index contributed by atoms with van der Waals surface area (Å²) in [5, 5.41) is 1.01. The molecule has 4 heterocycles. The van der Waals surface area contributed by atoms with Gasteiger partial charge in [-0.05, 0) is 48.9 Å². The van der Waals surface area contributed by atoms with E-state index >= 15 is 0 Å². The Morgan fingerprint density at radius 2 is 2.13 bits per heavy atom. The van der Waals surface area contributed by atoms with Crippen LogP contribution in [-0.4, -0.2) is 45.5 Å². The number of nitrogen functional groups attached to an aromatic ring is 1. The molecule has 0 saturated heterocycles. The van der Waals surface area contributed by atoms with Gasteiger partial charge in [-0.2, -0.15) is 0 Å². The molecule has 0 atom stereocenters. The van der Waals surface area contributed by atoms with Crippen LogP contribution in [0.25, 0.3) is 22.3 Å². The molecule has 0 fully saturated rings. The fraction of sp³-hybridized carbons (Fsp3) is 0.261. The molecule has 0 saturated carbocycles. The summed E-state index contributed by atoms with van der Waals surface area (Å²) >= 11 is 0. The van der Waals surface area contributed by atoms with Gasteiger partial charge in [-0.3, -0.25) is 0 Å². The van der Waals surface area contributed by atoms with E-state index in [2.05, 4.69) is 37.9 Å². The zero-order valence-electron chi connectivity index (χ0n) is 17.6. The monoisotopic (exact) mass is 416 g/mol. The number of anilines is 1. The largest absolute Gasteiger partial charge is 0.496 e. The summed E-state index contributed by atoms with van der Waals surface area (Å²) in [6.07, 6.45) is 6.25. The quantitative estimate of drug-likeness (QED) is 0.515. The number of methoxy groups -OCH3 is 1. The van der Waals surface area contributed by atoms with Crippen LogP contribution in [0.4, 0.5) is 5.82 Å². The summed E-state index contributed by atoms with van der Waals surface area (Å²) < 4.78 is 11.6. The van der Waals surface area contributed by atoms with Gasteiger partial charge in [0.25, 0.3) is 5.88 Å². The molecule has 4 aromatic rings. The standard InChI is InChI=1S/C23H24N6O2/c1-29-8-5-17-16(12-29)9-15(10-20(17)30-2)19-11-27-21(24)23(28-19)31-13-14-3-6-25-22-18(14)4-7-26-22/h3-4,6-7,9-11H,5,8,12-13H2,1-2H3,(H2,24,27)(H,25,26). The van der Waals surface area contributed by atoms with E-state index in [0.717, 1.165) is 47.4 Å². The average Bonchev–Trinajstić information content (AvgIpc) is 3.27. The molecule has 3 N–H and O–H groups in total. The Balaban J connectivity index is 1.46. The summed E-state index contributed by atoms with van der Waals surface area (Å²) in [5.74, 6) is 1.45. The Bertz CT molecular complexity index is 1250. The van der Waals surface area contributed by atoms with Gasteiger partial charge in [0, 0.05) is 42.0 Å². The lowest BCUT2D eigenvalue weighted by Crippen LogP contribution is -2.26. The third kappa shape index (κ3) is 3.66. The van der Waals surface area contributed by atoms with E-state index < -0.39 is 0 Å². The van der Waals surface area contributed by atoms with E-state index in [9.17, 15) is 0 Å². The molecular formula is C23H24N6O2. The van der Waals surface area contributed by atoms with Gasteiger partial charge in [0.05, 0.1) is 19.0 Å². The van der Waals surface area contributed by atoms with Crippen LogP contribution < -0.4 is 15.2 Å². The molecule has 0 amide bonds. The highest BCUT2D eigenvalue weighted by molar-refractivity contribution is 5.79. The highest BCUT2D eigenvalue weighted by Crippen LogP contribution is 2.34. The maximum absolute atomic E-state index is 6.06. The number of nitrogens with zero attached hydrogens (tertiary/aromatic N) is 4. The predicted molar refractivity (Wildman–Crippen MR) is 119 cm³/mol. The molecule has 0 bridgehead atoms. The van der Waals surface area contributed by atoms with Crippen molar-refractivity contribution in [2.24, 2.45) is 0 Å². The normalized spacial score (nSPS) is 13.9. The summed E-state index contributed by atoms with van der Waals surface area (Å²) in [6.45, 7) is 2.21.